The van der Waals surface area contributed by atoms with Crippen LogP contribution >= 0.6 is 11.8 Å². The van der Waals surface area contributed by atoms with Crippen LogP contribution in [0.4, 0.5) is 0 Å². The summed E-state index contributed by atoms with van der Waals surface area (Å²) in [5.74, 6) is 1.47. The van der Waals surface area contributed by atoms with E-state index in [-0.39, 0.29) is 0 Å². The number of ether oxygens (including phenoxy) is 1. The molecule has 1 unspecified atom stereocenters. The molecule has 1 N–H and O–H groups in total. The van der Waals surface area contributed by atoms with E-state index in [9.17, 15) is 5.11 Å². The predicted octanol–water partition coefficient (Wildman–Crippen LogP) is 3.53. The maximum Gasteiger partial charge on any atom is 0.122 e. The van der Waals surface area contributed by atoms with E-state index < -0.39 is 6.10 Å². The van der Waals surface area contributed by atoms with Gasteiger partial charge in [-0.1, -0.05) is 36.4 Å². The van der Waals surface area contributed by atoms with Crippen LogP contribution in [-0.4, -0.2) is 23.6 Å². The molecule has 0 bridgehead atoms. The Morgan fingerprint density at radius 1 is 1.05 bits per heavy atom. The third-order valence-electron chi connectivity index (χ3n) is 2.71. The van der Waals surface area contributed by atoms with Crippen molar-refractivity contribution >= 4 is 11.8 Å². The van der Waals surface area contributed by atoms with Crippen molar-refractivity contribution in [3.8, 4) is 5.75 Å². The molecule has 0 aliphatic heterocycles. The number of rotatable bonds is 6. The largest absolute Gasteiger partial charge is 0.491 e. The first-order chi connectivity index (χ1) is 9.25. The van der Waals surface area contributed by atoms with Gasteiger partial charge in [-0.2, -0.15) is 0 Å². The summed E-state index contributed by atoms with van der Waals surface area (Å²) in [5, 5.41) is 9.92. The summed E-state index contributed by atoms with van der Waals surface area (Å²) in [4.78, 5) is 1.16. The second-order valence-corrected chi connectivity index (χ2v) is 5.45. The smallest absolute Gasteiger partial charge is 0.122 e. The summed E-state index contributed by atoms with van der Waals surface area (Å²) in [5.41, 5.74) is 1.09. The number of para-hydroxylation sites is 1. The van der Waals surface area contributed by atoms with Crippen LogP contribution in [-0.2, 0) is 0 Å². The molecule has 2 rings (SSSR count). The van der Waals surface area contributed by atoms with E-state index in [1.807, 2.05) is 61.5 Å². The number of aliphatic hydroxyl groups is 1. The molecule has 0 aromatic heterocycles. The number of thioether (sulfide) groups is 1. The lowest BCUT2D eigenvalue weighted by atomic mass is 10.2. The molecule has 0 heterocycles. The average molecular weight is 274 g/mol. The van der Waals surface area contributed by atoms with E-state index in [1.54, 1.807) is 11.8 Å². The molecule has 19 heavy (non-hydrogen) atoms. The van der Waals surface area contributed by atoms with Gasteiger partial charge in [-0.3, -0.25) is 0 Å². The molecule has 0 aliphatic rings. The van der Waals surface area contributed by atoms with Gasteiger partial charge >= 0.3 is 0 Å². The zero-order valence-electron chi connectivity index (χ0n) is 11.0. The van der Waals surface area contributed by atoms with Gasteiger partial charge in [0.15, 0.2) is 0 Å². The molecule has 0 amide bonds. The number of aliphatic hydroxyl groups excluding tert-OH is 1. The molecule has 2 nitrogen and oxygen atoms in total. The van der Waals surface area contributed by atoms with E-state index >= 15 is 0 Å². The second kappa shape index (κ2) is 7.22. The van der Waals surface area contributed by atoms with E-state index in [2.05, 4.69) is 0 Å². The van der Waals surface area contributed by atoms with Gasteiger partial charge in [0.25, 0.3) is 0 Å². The average Bonchev–Trinajstić information content (AvgIpc) is 2.45. The molecule has 0 radical (unpaired) electrons. The lowest BCUT2D eigenvalue weighted by Gasteiger charge is -2.13. The van der Waals surface area contributed by atoms with Crippen molar-refractivity contribution in [2.45, 2.75) is 17.9 Å². The van der Waals surface area contributed by atoms with Crippen LogP contribution in [0.1, 0.15) is 5.56 Å². The Morgan fingerprint density at radius 2 is 1.74 bits per heavy atom. The standard InChI is InChI=1S/C16H18O2S/c1-13-7-5-6-10-16(13)18-11-14(17)12-19-15-8-3-2-4-9-15/h2-10,14,17H,11-12H2,1H3. The number of benzene rings is 2. The van der Waals surface area contributed by atoms with Gasteiger partial charge in [-0.25, -0.2) is 0 Å². The summed E-state index contributed by atoms with van der Waals surface area (Å²) in [6.45, 7) is 2.32. The van der Waals surface area contributed by atoms with Crippen LogP contribution in [0.5, 0.6) is 5.75 Å². The van der Waals surface area contributed by atoms with Crippen LogP contribution in [0.2, 0.25) is 0 Å². The van der Waals surface area contributed by atoms with Gasteiger partial charge in [-0.05, 0) is 30.7 Å². The van der Waals surface area contributed by atoms with Crippen molar-refractivity contribution in [3.63, 3.8) is 0 Å². The van der Waals surface area contributed by atoms with Crippen molar-refractivity contribution in [1.82, 2.24) is 0 Å². The van der Waals surface area contributed by atoms with Gasteiger partial charge in [-0.15, -0.1) is 11.8 Å². The first-order valence-electron chi connectivity index (χ1n) is 6.30. The molecule has 2 aromatic rings. The third kappa shape index (κ3) is 4.62. The predicted molar refractivity (Wildman–Crippen MR) is 79.8 cm³/mol. The third-order valence-corrected chi connectivity index (χ3v) is 3.87. The zero-order chi connectivity index (χ0) is 13.5. The van der Waals surface area contributed by atoms with Gasteiger partial charge in [0.2, 0.25) is 0 Å². The molecule has 0 fully saturated rings. The Hall–Kier alpha value is -1.45. The Balaban J connectivity index is 1.76. The summed E-state index contributed by atoms with van der Waals surface area (Å²) >= 11 is 1.64. The van der Waals surface area contributed by atoms with Crippen LogP contribution in [0.3, 0.4) is 0 Å². The van der Waals surface area contributed by atoms with Gasteiger partial charge in [0.1, 0.15) is 12.4 Å². The Kier molecular flexibility index (Phi) is 5.31. The molecule has 100 valence electrons. The summed E-state index contributed by atoms with van der Waals surface area (Å²) in [6.07, 6.45) is -0.468. The fourth-order valence-corrected chi connectivity index (χ4v) is 2.49. The van der Waals surface area contributed by atoms with Crippen molar-refractivity contribution in [2.75, 3.05) is 12.4 Å². The fourth-order valence-electron chi connectivity index (χ4n) is 1.66. The second-order valence-electron chi connectivity index (χ2n) is 4.35. The number of hydrogen-bond donors (Lipinski definition) is 1. The van der Waals surface area contributed by atoms with Crippen molar-refractivity contribution in [2.24, 2.45) is 0 Å². The maximum absolute atomic E-state index is 9.92. The van der Waals surface area contributed by atoms with E-state index in [4.69, 9.17) is 4.74 Å². The summed E-state index contributed by atoms with van der Waals surface area (Å²) in [7, 11) is 0. The first-order valence-corrected chi connectivity index (χ1v) is 7.28. The highest BCUT2D eigenvalue weighted by Gasteiger charge is 2.07. The highest BCUT2D eigenvalue weighted by atomic mass is 32.2. The number of aryl methyl sites for hydroxylation is 1. The van der Waals surface area contributed by atoms with Gasteiger partial charge in [0.05, 0.1) is 6.10 Å². The molecule has 2 aromatic carbocycles. The highest BCUT2D eigenvalue weighted by molar-refractivity contribution is 7.99. The van der Waals surface area contributed by atoms with Crippen molar-refractivity contribution in [1.29, 1.82) is 0 Å². The molecule has 3 heteroatoms. The molecule has 1 atom stereocenters. The Labute approximate surface area is 118 Å². The van der Waals surface area contributed by atoms with Gasteiger partial charge in [0, 0.05) is 10.6 Å². The zero-order valence-corrected chi connectivity index (χ0v) is 11.8. The molecule has 0 spiro atoms. The maximum atomic E-state index is 9.92. The Morgan fingerprint density at radius 3 is 2.47 bits per heavy atom. The van der Waals surface area contributed by atoms with Crippen LogP contribution < -0.4 is 4.74 Å². The lowest BCUT2D eigenvalue weighted by molar-refractivity contribution is 0.126. The van der Waals surface area contributed by atoms with E-state index in [1.165, 1.54) is 0 Å². The normalized spacial score (nSPS) is 12.1. The molecule has 0 saturated heterocycles. The Bertz CT molecular complexity index is 499. The minimum absolute atomic E-state index is 0.324. The van der Waals surface area contributed by atoms with Crippen molar-refractivity contribution in [3.05, 3.63) is 60.2 Å². The van der Waals surface area contributed by atoms with E-state index in [0.29, 0.717) is 12.4 Å². The lowest BCUT2D eigenvalue weighted by Crippen LogP contribution is -2.20. The van der Waals surface area contributed by atoms with E-state index in [0.717, 1.165) is 16.2 Å². The minimum Gasteiger partial charge on any atom is -0.491 e. The summed E-state index contributed by atoms with van der Waals surface area (Å²) in [6, 6.07) is 17.9. The topological polar surface area (TPSA) is 29.5 Å². The van der Waals surface area contributed by atoms with Crippen molar-refractivity contribution < 1.29 is 9.84 Å². The molecule has 0 aliphatic carbocycles. The van der Waals surface area contributed by atoms with Gasteiger partial charge < -0.3 is 9.84 Å². The minimum atomic E-state index is -0.468. The fraction of sp³-hybridized carbons (Fsp3) is 0.250. The van der Waals surface area contributed by atoms with Crippen LogP contribution in [0.15, 0.2) is 59.5 Å². The molecular weight excluding hydrogens is 256 g/mol. The monoisotopic (exact) mass is 274 g/mol. The highest BCUT2D eigenvalue weighted by Crippen LogP contribution is 2.19. The summed E-state index contributed by atoms with van der Waals surface area (Å²) < 4.78 is 5.62. The number of hydrogen-bond acceptors (Lipinski definition) is 3. The SMILES string of the molecule is Cc1ccccc1OCC(O)CSc1ccccc1. The van der Waals surface area contributed by atoms with Crippen LogP contribution in [0.25, 0.3) is 0 Å². The molecular formula is C16H18O2S. The van der Waals surface area contributed by atoms with Crippen LogP contribution in [0, 0.1) is 6.92 Å². The quantitative estimate of drug-likeness (QED) is 0.817. The first kappa shape index (κ1) is 14.0. The molecule has 0 saturated carbocycles.